The Morgan fingerprint density at radius 3 is 2.67 bits per heavy atom. The van der Waals surface area contributed by atoms with Crippen molar-refractivity contribution in [3.05, 3.63) is 29.3 Å². The zero-order valence-electron chi connectivity index (χ0n) is 8.31. The van der Waals surface area contributed by atoms with Gasteiger partial charge in [-0.15, -0.1) is 0 Å². The van der Waals surface area contributed by atoms with Crippen LogP contribution in [-0.4, -0.2) is 12.5 Å². The summed E-state index contributed by atoms with van der Waals surface area (Å²) in [5, 5.41) is 2.25. The molecule has 1 rings (SSSR count). The van der Waals surface area contributed by atoms with Gasteiger partial charge in [0.25, 0.3) is 0 Å². The molecule has 0 aliphatic heterocycles. The molecule has 82 valence electrons. The zero-order valence-corrected chi connectivity index (χ0v) is 8.31. The van der Waals surface area contributed by atoms with Crippen LogP contribution in [0.2, 0.25) is 0 Å². The van der Waals surface area contributed by atoms with Crippen molar-refractivity contribution in [3.63, 3.8) is 0 Å². The molecule has 5 heteroatoms. The lowest BCUT2D eigenvalue weighted by Crippen LogP contribution is -2.17. The van der Waals surface area contributed by atoms with Gasteiger partial charge < -0.3 is 11.1 Å². The minimum absolute atomic E-state index is 0.0783. The largest absolute Gasteiger partial charge is 0.330 e. The van der Waals surface area contributed by atoms with Gasteiger partial charge in [-0.3, -0.25) is 4.79 Å². The van der Waals surface area contributed by atoms with Crippen LogP contribution < -0.4 is 11.1 Å². The Morgan fingerprint density at radius 2 is 2.07 bits per heavy atom. The predicted molar refractivity (Wildman–Crippen MR) is 53.4 cm³/mol. The minimum Gasteiger partial charge on any atom is -0.330 e. The number of anilines is 1. The van der Waals surface area contributed by atoms with E-state index in [-0.39, 0.29) is 24.2 Å². The summed E-state index contributed by atoms with van der Waals surface area (Å²) in [7, 11) is 0. The Balaban J connectivity index is 2.86. The Bertz CT molecular complexity index is 380. The van der Waals surface area contributed by atoms with Crippen molar-refractivity contribution >= 4 is 11.6 Å². The third-order valence-electron chi connectivity index (χ3n) is 1.89. The van der Waals surface area contributed by atoms with E-state index in [1.54, 1.807) is 0 Å². The maximum absolute atomic E-state index is 13.2. The molecule has 0 aliphatic carbocycles. The van der Waals surface area contributed by atoms with Crippen LogP contribution in [-0.2, 0) is 4.79 Å². The van der Waals surface area contributed by atoms with Crippen molar-refractivity contribution in [3.8, 4) is 0 Å². The van der Waals surface area contributed by atoms with Crippen LogP contribution in [0.25, 0.3) is 0 Å². The molecule has 0 fully saturated rings. The van der Waals surface area contributed by atoms with Gasteiger partial charge in [0.2, 0.25) is 5.91 Å². The highest BCUT2D eigenvalue weighted by molar-refractivity contribution is 5.90. The second kappa shape index (κ2) is 4.84. The molecule has 0 aliphatic rings. The Kier molecular flexibility index (Phi) is 3.74. The van der Waals surface area contributed by atoms with Crippen LogP contribution in [0.3, 0.4) is 0 Å². The van der Waals surface area contributed by atoms with Crippen LogP contribution >= 0.6 is 0 Å². The number of carbonyl (C=O) groups excluding carboxylic acids is 1. The molecule has 0 heterocycles. The van der Waals surface area contributed by atoms with E-state index in [0.717, 1.165) is 12.1 Å². The first kappa shape index (κ1) is 11.6. The van der Waals surface area contributed by atoms with E-state index in [0.29, 0.717) is 0 Å². The van der Waals surface area contributed by atoms with Crippen molar-refractivity contribution in [2.75, 3.05) is 11.9 Å². The average molecular weight is 214 g/mol. The Morgan fingerprint density at radius 1 is 1.40 bits per heavy atom. The molecule has 0 unspecified atom stereocenters. The van der Waals surface area contributed by atoms with Crippen LogP contribution in [0.5, 0.6) is 0 Å². The lowest BCUT2D eigenvalue weighted by molar-refractivity contribution is -0.116. The van der Waals surface area contributed by atoms with Crippen LogP contribution in [0.1, 0.15) is 12.0 Å². The van der Waals surface area contributed by atoms with Gasteiger partial charge in [-0.05, 0) is 18.6 Å². The van der Waals surface area contributed by atoms with E-state index in [1.165, 1.54) is 6.92 Å². The lowest BCUT2D eigenvalue weighted by atomic mass is 10.2. The average Bonchev–Trinajstić information content (AvgIpc) is 2.14. The van der Waals surface area contributed by atoms with E-state index in [2.05, 4.69) is 5.32 Å². The highest BCUT2D eigenvalue weighted by atomic mass is 19.1. The molecule has 0 radical (unpaired) electrons. The number of benzene rings is 1. The summed E-state index contributed by atoms with van der Waals surface area (Å²) in [6.45, 7) is 1.62. The van der Waals surface area contributed by atoms with Gasteiger partial charge in [0.15, 0.2) is 0 Å². The summed E-state index contributed by atoms with van der Waals surface area (Å²) in [5.41, 5.74) is 5.19. The highest BCUT2D eigenvalue weighted by Gasteiger charge is 2.09. The molecule has 15 heavy (non-hydrogen) atoms. The molecule has 0 saturated heterocycles. The van der Waals surface area contributed by atoms with E-state index in [9.17, 15) is 13.6 Å². The summed E-state index contributed by atoms with van der Waals surface area (Å²) >= 11 is 0. The van der Waals surface area contributed by atoms with Gasteiger partial charge in [-0.2, -0.15) is 0 Å². The van der Waals surface area contributed by atoms with Crippen molar-refractivity contribution in [1.82, 2.24) is 0 Å². The fraction of sp³-hybridized carbons (Fsp3) is 0.300. The molecule has 0 spiro atoms. The van der Waals surface area contributed by atoms with Crippen molar-refractivity contribution in [2.24, 2.45) is 5.73 Å². The molecular weight excluding hydrogens is 202 g/mol. The number of nitrogens with two attached hydrogens (primary N) is 1. The Hall–Kier alpha value is -1.49. The normalized spacial score (nSPS) is 10.1. The van der Waals surface area contributed by atoms with Gasteiger partial charge in [0.1, 0.15) is 11.6 Å². The second-order valence-corrected chi connectivity index (χ2v) is 3.17. The highest BCUT2D eigenvalue weighted by Crippen LogP contribution is 2.18. The second-order valence-electron chi connectivity index (χ2n) is 3.17. The molecule has 0 atom stereocenters. The third kappa shape index (κ3) is 2.99. The first-order chi connectivity index (χ1) is 7.04. The van der Waals surface area contributed by atoms with Gasteiger partial charge >= 0.3 is 0 Å². The third-order valence-corrected chi connectivity index (χ3v) is 1.89. The van der Waals surface area contributed by atoms with Crippen molar-refractivity contribution in [2.45, 2.75) is 13.3 Å². The summed E-state index contributed by atoms with van der Waals surface area (Å²) in [5.74, 6) is -1.64. The van der Waals surface area contributed by atoms with Crippen LogP contribution in [0.4, 0.5) is 14.5 Å². The molecular formula is C10H12F2N2O. The van der Waals surface area contributed by atoms with E-state index in [4.69, 9.17) is 5.73 Å². The van der Waals surface area contributed by atoms with Crippen molar-refractivity contribution < 1.29 is 13.6 Å². The molecule has 3 nitrogen and oxygen atoms in total. The summed E-state index contributed by atoms with van der Waals surface area (Å²) < 4.78 is 26.3. The quantitative estimate of drug-likeness (QED) is 0.802. The van der Waals surface area contributed by atoms with Crippen LogP contribution in [0.15, 0.2) is 12.1 Å². The number of halogens is 2. The number of carbonyl (C=O) groups is 1. The zero-order chi connectivity index (χ0) is 11.4. The molecule has 1 aromatic rings. The summed E-state index contributed by atoms with van der Waals surface area (Å²) in [4.78, 5) is 11.1. The maximum Gasteiger partial charge on any atom is 0.225 e. The lowest BCUT2D eigenvalue weighted by Gasteiger charge is -2.07. The smallest absolute Gasteiger partial charge is 0.225 e. The number of nitrogens with one attached hydrogen (secondary N) is 1. The minimum atomic E-state index is -0.653. The van der Waals surface area contributed by atoms with Gasteiger partial charge in [0, 0.05) is 19.0 Å². The summed E-state index contributed by atoms with van der Waals surface area (Å²) in [6, 6.07) is 1.99. The van der Waals surface area contributed by atoms with Crippen LogP contribution in [0, 0.1) is 18.6 Å². The molecule has 1 amide bonds. The maximum atomic E-state index is 13.2. The van der Waals surface area contributed by atoms with Crippen molar-refractivity contribution in [1.29, 1.82) is 0 Å². The first-order valence-corrected chi connectivity index (χ1v) is 4.50. The van der Waals surface area contributed by atoms with E-state index >= 15 is 0 Å². The monoisotopic (exact) mass is 214 g/mol. The Labute approximate surface area is 86.3 Å². The number of amides is 1. The number of hydrogen-bond donors (Lipinski definition) is 2. The van der Waals surface area contributed by atoms with Gasteiger partial charge in [0.05, 0.1) is 5.69 Å². The molecule has 1 aromatic carbocycles. The topological polar surface area (TPSA) is 55.1 Å². The standard InChI is InChI=1S/C10H12F2N2O/c1-6-4-8(12)9(5-7(6)11)14-10(15)2-3-13/h4-5H,2-3,13H2,1H3,(H,14,15). The predicted octanol–water partition coefficient (Wildman–Crippen LogP) is 1.56. The van der Waals surface area contributed by atoms with Gasteiger partial charge in [-0.1, -0.05) is 0 Å². The fourth-order valence-corrected chi connectivity index (χ4v) is 1.09. The van der Waals surface area contributed by atoms with E-state index < -0.39 is 17.5 Å². The fourth-order valence-electron chi connectivity index (χ4n) is 1.09. The molecule has 0 bridgehead atoms. The van der Waals surface area contributed by atoms with Gasteiger partial charge in [-0.25, -0.2) is 8.78 Å². The number of rotatable bonds is 3. The molecule has 3 N–H and O–H groups in total. The SMILES string of the molecule is Cc1cc(F)c(NC(=O)CCN)cc1F. The number of aryl methyl sites for hydroxylation is 1. The molecule has 0 aromatic heterocycles. The van der Waals surface area contributed by atoms with E-state index in [1.807, 2.05) is 0 Å². The molecule has 0 saturated carbocycles. The summed E-state index contributed by atoms with van der Waals surface area (Å²) in [6.07, 6.45) is 0.0783. The first-order valence-electron chi connectivity index (χ1n) is 4.50. The number of hydrogen-bond acceptors (Lipinski definition) is 2.